The first kappa shape index (κ1) is 18.7. The van der Waals surface area contributed by atoms with E-state index in [0.717, 1.165) is 26.9 Å². The zero-order valence-corrected chi connectivity index (χ0v) is 15.7. The molecule has 0 saturated carbocycles. The van der Waals surface area contributed by atoms with E-state index in [1.54, 1.807) is 18.3 Å². The highest BCUT2D eigenvalue weighted by atomic mass is 35.5. The highest BCUT2D eigenvalue weighted by Gasteiger charge is 2.12. The average Bonchev–Trinajstić information content (AvgIpc) is 2.64. The Morgan fingerprint density at radius 3 is 2.69 bits per heavy atom. The van der Waals surface area contributed by atoms with Gasteiger partial charge >= 0.3 is 0 Å². The van der Waals surface area contributed by atoms with Gasteiger partial charge in [0, 0.05) is 43.8 Å². The smallest absolute Gasteiger partial charge is 0.142 e. The highest BCUT2D eigenvalue weighted by Crippen LogP contribution is 2.19. The molecule has 0 unspecified atom stereocenters. The third-order valence-corrected chi connectivity index (χ3v) is 4.88. The molecule has 3 aromatic rings. The van der Waals surface area contributed by atoms with E-state index in [1.165, 1.54) is 6.07 Å². The molecule has 0 aliphatic carbocycles. The van der Waals surface area contributed by atoms with Crippen molar-refractivity contribution in [2.75, 3.05) is 13.1 Å². The third kappa shape index (κ3) is 4.55. The van der Waals surface area contributed by atoms with Crippen molar-refractivity contribution in [3.05, 3.63) is 76.8 Å². The van der Waals surface area contributed by atoms with Crippen LogP contribution in [0.4, 0.5) is 4.39 Å². The maximum Gasteiger partial charge on any atom is 0.142 e. The van der Waals surface area contributed by atoms with Crippen molar-refractivity contribution in [1.29, 1.82) is 0 Å². The molecule has 0 bridgehead atoms. The molecule has 26 heavy (non-hydrogen) atoms. The third-order valence-electron chi connectivity index (χ3n) is 4.17. The summed E-state index contributed by atoms with van der Waals surface area (Å²) >= 11 is 11.4. The Labute approximate surface area is 162 Å². The number of hydrogen-bond acceptors (Lipinski definition) is 3. The molecule has 0 aliphatic rings. The molecule has 0 atom stereocenters. The minimum atomic E-state index is -0.425. The predicted molar refractivity (Wildman–Crippen MR) is 109 cm³/mol. The summed E-state index contributed by atoms with van der Waals surface area (Å²) in [6, 6.07) is 13.0. The van der Waals surface area contributed by atoms with Gasteiger partial charge in [-0.25, -0.2) is 4.39 Å². The molecule has 6 heteroatoms. The number of aromatic nitrogens is 1. The van der Waals surface area contributed by atoms with Crippen molar-refractivity contribution < 1.29 is 4.39 Å². The van der Waals surface area contributed by atoms with Gasteiger partial charge in [0.25, 0.3) is 0 Å². The summed E-state index contributed by atoms with van der Waals surface area (Å²) in [4.78, 5) is 6.91. The number of halogens is 2. The zero-order chi connectivity index (χ0) is 18.5. The van der Waals surface area contributed by atoms with Crippen molar-refractivity contribution in [2.24, 2.45) is 5.73 Å². The topological polar surface area (TPSA) is 42.1 Å². The van der Waals surface area contributed by atoms with Gasteiger partial charge in [0.15, 0.2) is 0 Å². The van der Waals surface area contributed by atoms with Gasteiger partial charge in [0.2, 0.25) is 0 Å². The highest BCUT2D eigenvalue weighted by molar-refractivity contribution is 7.80. The first-order valence-corrected chi connectivity index (χ1v) is 9.10. The molecule has 0 radical (unpaired) electrons. The molecule has 0 aliphatic heterocycles. The molecule has 0 saturated heterocycles. The second-order valence-corrected chi connectivity index (χ2v) is 6.96. The van der Waals surface area contributed by atoms with Gasteiger partial charge in [-0.1, -0.05) is 48.1 Å². The van der Waals surface area contributed by atoms with E-state index in [0.29, 0.717) is 26.1 Å². The number of benzene rings is 2. The fraction of sp³-hybridized carbons (Fsp3) is 0.200. The number of nitrogens with zero attached hydrogens (tertiary/aromatic N) is 2. The standard InChI is InChI=1S/C20H19ClFN3S/c21-18-4-2-15(10-19(18)22)13-25(8-6-23)20(26)11-14-1-3-17-12-24-7-5-16(17)9-14/h1-5,7,9-10,12H,6,8,11,13,23H2. The van der Waals surface area contributed by atoms with Crippen molar-refractivity contribution in [2.45, 2.75) is 13.0 Å². The van der Waals surface area contributed by atoms with Gasteiger partial charge in [-0.15, -0.1) is 0 Å². The van der Waals surface area contributed by atoms with Gasteiger partial charge in [0.05, 0.1) is 10.0 Å². The molecule has 2 N–H and O–H groups in total. The summed E-state index contributed by atoms with van der Waals surface area (Å²) in [7, 11) is 0. The van der Waals surface area contributed by atoms with E-state index >= 15 is 0 Å². The van der Waals surface area contributed by atoms with Crippen LogP contribution >= 0.6 is 23.8 Å². The van der Waals surface area contributed by atoms with E-state index in [-0.39, 0.29) is 5.02 Å². The largest absolute Gasteiger partial charge is 0.360 e. The lowest BCUT2D eigenvalue weighted by atomic mass is 10.1. The number of hydrogen-bond donors (Lipinski definition) is 1. The fourth-order valence-electron chi connectivity index (χ4n) is 2.84. The van der Waals surface area contributed by atoms with Gasteiger partial charge in [-0.05, 0) is 34.7 Å². The van der Waals surface area contributed by atoms with Gasteiger partial charge in [0.1, 0.15) is 5.82 Å². The Morgan fingerprint density at radius 2 is 1.92 bits per heavy atom. The average molecular weight is 388 g/mol. The Morgan fingerprint density at radius 1 is 1.12 bits per heavy atom. The molecule has 1 aromatic heterocycles. The summed E-state index contributed by atoms with van der Waals surface area (Å²) in [5, 5.41) is 2.34. The van der Waals surface area contributed by atoms with Crippen LogP contribution in [0.2, 0.25) is 5.02 Å². The molecule has 2 aromatic carbocycles. The fourth-order valence-corrected chi connectivity index (χ4v) is 3.28. The quantitative estimate of drug-likeness (QED) is 0.638. The summed E-state index contributed by atoms with van der Waals surface area (Å²) in [6.07, 6.45) is 4.25. The molecular formula is C20H19ClFN3S. The minimum Gasteiger partial charge on any atom is -0.360 e. The number of fused-ring (bicyclic) bond motifs is 1. The van der Waals surface area contributed by atoms with E-state index in [9.17, 15) is 4.39 Å². The lowest BCUT2D eigenvalue weighted by Crippen LogP contribution is -2.34. The molecule has 0 fully saturated rings. The van der Waals surface area contributed by atoms with E-state index in [4.69, 9.17) is 29.6 Å². The van der Waals surface area contributed by atoms with Crippen molar-refractivity contribution in [1.82, 2.24) is 9.88 Å². The molecule has 1 heterocycles. The number of rotatable bonds is 6. The van der Waals surface area contributed by atoms with E-state index in [2.05, 4.69) is 17.1 Å². The normalized spacial score (nSPS) is 10.9. The SMILES string of the molecule is NCCN(Cc1ccc(Cl)c(F)c1)C(=S)Cc1ccc2cnccc2c1. The number of nitrogens with two attached hydrogens (primary N) is 1. The Bertz CT molecular complexity index is 932. The first-order valence-electron chi connectivity index (χ1n) is 8.31. The first-order chi connectivity index (χ1) is 12.6. The molecule has 134 valence electrons. The molecule has 3 nitrogen and oxygen atoms in total. The van der Waals surface area contributed by atoms with Gasteiger partial charge < -0.3 is 10.6 Å². The van der Waals surface area contributed by atoms with Crippen LogP contribution in [0.15, 0.2) is 54.9 Å². The minimum absolute atomic E-state index is 0.118. The summed E-state index contributed by atoms with van der Waals surface area (Å²) in [5.41, 5.74) is 7.67. The predicted octanol–water partition coefficient (Wildman–Crippen LogP) is 4.36. The lowest BCUT2D eigenvalue weighted by Gasteiger charge is -2.25. The molecule has 0 spiro atoms. The van der Waals surface area contributed by atoms with Crippen molar-refractivity contribution in [3.63, 3.8) is 0 Å². The van der Waals surface area contributed by atoms with Crippen LogP contribution in [-0.2, 0) is 13.0 Å². The number of thiocarbonyl (C=S) groups is 1. The second-order valence-electron chi connectivity index (χ2n) is 6.09. The second kappa shape index (κ2) is 8.54. The van der Waals surface area contributed by atoms with Crippen LogP contribution in [0.25, 0.3) is 10.8 Å². The van der Waals surface area contributed by atoms with Crippen LogP contribution in [0, 0.1) is 5.82 Å². The van der Waals surface area contributed by atoms with Crippen LogP contribution in [0.5, 0.6) is 0 Å². The number of pyridine rings is 1. The van der Waals surface area contributed by atoms with Crippen LogP contribution in [0.3, 0.4) is 0 Å². The Balaban J connectivity index is 1.75. The molecule has 3 rings (SSSR count). The molecular weight excluding hydrogens is 369 g/mol. The summed E-state index contributed by atoms with van der Waals surface area (Å²) in [5.74, 6) is -0.425. The van der Waals surface area contributed by atoms with Gasteiger partial charge in [-0.2, -0.15) is 0 Å². The maximum atomic E-state index is 13.7. The summed E-state index contributed by atoms with van der Waals surface area (Å²) < 4.78 is 13.7. The van der Waals surface area contributed by atoms with Crippen molar-refractivity contribution in [3.8, 4) is 0 Å². The van der Waals surface area contributed by atoms with E-state index < -0.39 is 5.82 Å². The monoisotopic (exact) mass is 387 g/mol. The van der Waals surface area contributed by atoms with Crippen molar-refractivity contribution >= 4 is 39.6 Å². The van der Waals surface area contributed by atoms with Crippen LogP contribution in [-0.4, -0.2) is 28.0 Å². The molecule has 0 amide bonds. The van der Waals surface area contributed by atoms with Crippen LogP contribution < -0.4 is 5.73 Å². The Kier molecular flexibility index (Phi) is 6.14. The maximum absolute atomic E-state index is 13.7. The lowest BCUT2D eigenvalue weighted by molar-refractivity contribution is 0.423. The van der Waals surface area contributed by atoms with Gasteiger partial charge in [-0.3, -0.25) is 4.98 Å². The Hall–Kier alpha value is -2.08. The van der Waals surface area contributed by atoms with E-state index in [1.807, 2.05) is 23.2 Å². The summed E-state index contributed by atoms with van der Waals surface area (Å²) in [6.45, 7) is 1.59. The zero-order valence-electron chi connectivity index (χ0n) is 14.2. The van der Waals surface area contributed by atoms with Crippen LogP contribution in [0.1, 0.15) is 11.1 Å².